The minimum absolute atomic E-state index is 0.118. The van der Waals surface area contributed by atoms with E-state index >= 15 is 0 Å². The van der Waals surface area contributed by atoms with Gasteiger partial charge in [-0.05, 0) is 74.3 Å². The van der Waals surface area contributed by atoms with Crippen molar-refractivity contribution in [1.29, 1.82) is 0 Å². The first-order valence-electron chi connectivity index (χ1n) is 21.0. The average Bonchev–Trinajstić information content (AvgIpc) is 3.87. The van der Waals surface area contributed by atoms with E-state index in [2.05, 4.69) is 61.8 Å². The average molecular weight is 892 g/mol. The van der Waals surface area contributed by atoms with E-state index in [0.717, 1.165) is 16.7 Å². The Bertz CT molecular complexity index is 2400. The van der Waals surface area contributed by atoms with Gasteiger partial charge in [0.2, 0.25) is 8.32 Å². The standard InChI is InChI=1S/C47H54N5O9PSi/c1-30(2)63(31(3)4,32(5)6)61-42-41(60-62(54)55)39(59-46(42)52-29-50-40-43(48-28-49-44(40)52)51-45(53)33-15-11-9-12-16-33)27-58-47(34-17-13-10-14-18-34,35-19-23-37(56-7)24-20-35)36-21-25-38(57-8)26-22-36/h9-26,28-32,39,41-42,46H,27H2,1-8H3,(H,48,49,51,53)/t39-,41+,42-,46-/m1/s1. The van der Waals surface area contributed by atoms with Gasteiger partial charge in [-0.2, -0.15) is 0 Å². The highest BCUT2D eigenvalue weighted by Gasteiger charge is 2.57. The summed E-state index contributed by atoms with van der Waals surface area (Å²) in [5.74, 6) is 1.15. The normalized spacial score (nSPS) is 18.3. The zero-order valence-electron chi connectivity index (χ0n) is 36.7. The topological polar surface area (TPSA) is 168 Å². The maximum Gasteiger partial charge on any atom is 0.488 e. The second-order valence-electron chi connectivity index (χ2n) is 16.4. The van der Waals surface area contributed by atoms with Crippen molar-refractivity contribution >= 4 is 39.5 Å². The summed E-state index contributed by atoms with van der Waals surface area (Å²) >= 11 is 0. The van der Waals surface area contributed by atoms with Gasteiger partial charge in [-0.15, -0.1) is 4.52 Å². The number of methoxy groups -OCH3 is 2. The number of hydrogen-bond donors (Lipinski definition) is 1. The van der Waals surface area contributed by atoms with Crippen LogP contribution in [0.5, 0.6) is 11.5 Å². The van der Waals surface area contributed by atoms with Crippen molar-refractivity contribution in [2.75, 3.05) is 26.1 Å². The minimum atomic E-state index is -3.41. The number of imidazole rings is 1. The number of anilines is 1. The van der Waals surface area contributed by atoms with Crippen LogP contribution in [0.4, 0.5) is 5.82 Å². The number of rotatable bonds is 18. The molecule has 2 aromatic heterocycles. The fourth-order valence-electron chi connectivity index (χ4n) is 9.24. The lowest BCUT2D eigenvalue weighted by molar-refractivity contribution is -0.194. The van der Waals surface area contributed by atoms with Crippen molar-refractivity contribution in [3.05, 3.63) is 144 Å². The zero-order chi connectivity index (χ0) is 44.9. The largest absolute Gasteiger partial charge is 0.566 e. The number of carbonyl (C=O) groups excluding carboxylic acids is 1. The van der Waals surface area contributed by atoms with E-state index in [4.69, 9.17) is 27.9 Å². The summed E-state index contributed by atoms with van der Waals surface area (Å²) in [7, 11) is -2.98. The molecule has 14 nitrogen and oxygen atoms in total. The van der Waals surface area contributed by atoms with Crippen LogP contribution in [0, 0.1) is 0 Å². The first kappa shape index (κ1) is 45.6. The van der Waals surface area contributed by atoms with Gasteiger partial charge in [-0.3, -0.25) is 9.36 Å². The second-order valence-corrected chi connectivity index (χ2v) is 22.5. The lowest BCUT2D eigenvalue weighted by atomic mass is 9.80. The Morgan fingerprint density at radius 3 is 1.84 bits per heavy atom. The molecule has 1 aliphatic heterocycles. The van der Waals surface area contributed by atoms with E-state index in [0.29, 0.717) is 28.2 Å². The van der Waals surface area contributed by atoms with Gasteiger partial charge in [-0.1, -0.05) is 114 Å². The highest BCUT2D eigenvalue weighted by Crippen LogP contribution is 2.49. The summed E-state index contributed by atoms with van der Waals surface area (Å²) in [6.07, 6.45) is -1.29. The third kappa shape index (κ3) is 9.05. The molecule has 6 aromatic rings. The summed E-state index contributed by atoms with van der Waals surface area (Å²) in [6, 6.07) is 33.8. The first-order valence-corrected chi connectivity index (χ1v) is 24.2. The summed E-state index contributed by atoms with van der Waals surface area (Å²) in [6.45, 7) is 12.8. The van der Waals surface area contributed by atoms with Crippen molar-refractivity contribution in [1.82, 2.24) is 19.5 Å². The fourth-order valence-corrected chi connectivity index (χ4v) is 15.2. The minimum Gasteiger partial charge on any atom is -0.566 e. The zero-order valence-corrected chi connectivity index (χ0v) is 38.6. The Balaban J connectivity index is 1.36. The Morgan fingerprint density at radius 1 is 0.778 bits per heavy atom. The van der Waals surface area contributed by atoms with E-state index in [9.17, 15) is 14.3 Å². The maximum atomic E-state index is 13.3. The molecule has 3 heterocycles. The number of ether oxygens (including phenoxy) is 4. The predicted octanol–water partition coefficient (Wildman–Crippen LogP) is 8.97. The molecule has 16 heteroatoms. The van der Waals surface area contributed by atoms with Crippen LogP contribution in [0.1, 0.15) is 74.8 Å². The van der Waals surface area contributed by atoms with Crippen LogP contribution in [-0.2, 0) is 28.6 Å². The molecular formula is C47H54N5O9PSi. The predicted molar refractivity (Wildman–Crippen MR) is 240 cm³/mol. The molecule has 5 atom stereocenters. The Hall–Kier alpha value is -5.38. The molecular weight excluding hydrogens is 838 g/mol. The van der Waals surface area contributed by atoms with E-state index in [1.165, 1.54) is 6.33 Å². The molecule has 330 valence electrons. The monoisotopic (exact) mass is 891 g/mol. The number of benzene rings is 4. The molecule has 0 aliphatic carbocycles. The van der Waals surface area contributed by atoms with E-state index in [-0.39, 0.29) is 35.0 Å². The van der Waals surface area contributed by atoms with Gasteiger partial charge < -0.3 is 33.6 Å². The molecule has 0 saturated carbocycles. The summed E-state index contributed by atoms with van der Waals surface area (Å²) in [5, 5.41) is 2.87. The van der Waals surface area contributed by atoms with Crippen molar-refractivity contribution < 1.29 is 42.2 Å². The molecule has 1 amide bonds. The summed E-state index contributed by atoms with van der Waals surface area (Å²) in [5.41, 5.74) is 2.55. The quantitative estimate of drug-likeness (QED) is 0.0495. The Labute approximate surface area is 370 Å². The van der Waals surface area contributed by atoms with Crippen LogP contribution in [0.15, 0.2) is 122 Å². The summed E-state index contributed by atoms with van der Waals surface area (Å²) in [4.78, 5) is 39.8. The smallest absolute Gasteiger partial charge is 0.488 e. The number of amides is 1. The van der Waals surface area contributed by atoms with Crippen molar-refractivity contribution in [2.24, 2.45) is 0 Å². The lowest BCUT2D eigenvalue weighted by Crippen LogP contribution is -2.53. The molecule has 0 bridgehead atoms. The van der Waals surface area contributed by atoms with Crippen molar-refractivity contribution in [3.63, 3.8) is 0 Å². The van der Waals surface area contributed by atoms with Crippen LogP contribution < -0.4 is 19.7 Å². The molecule has 63 heavy (non-hydrogen) atoms. The number of nitrogens with one attached hydrogen (secondary N) is 1. The number of fused-ring (bicyclic) bond motifs is 1. The number of hydrogen-bond acceptors (Lipinski definition) is 12. The van der Waals surface area contributed by atoms with Crippen LogP contribution in [0.2, 0.25) is 16.6 Å². The van der Waals surface area contributed by atoms with Gasteiger partial charge >= 0.3 is 8.25 Å². The van der Waals surface area contributed by atoms with E-state index in [1.807, 2.05) is 84.9 Å². The molecule has 0 radical (unpaired) electrons. The number of aromatic nitrogens is 4. The lowest BCUT2D eigenvalue weighted by Gasteiger charge is -2.45. The molecule has 1 fully saturated rings. The molecule has 1 unspecified atom stereocenters. The SMILES string of the molecule is COc1ccc(C(OC[C@H]2O[C@@H](n3cnc4c(NC(=O)c5ccccc5)ncnc43)[C@H](O[Si](C(C)C)(C(C)C)C(C)C)[C@H]2O[P+](=O)[O-])(c2ccccc2)c2ccc(OC)cc2)cc1. The van der Waals surface area contributed by atoms with Gasteiger partial charge in [0.05, 0.1) is 27.2 Å². The van der Waals surface area contributed by atoms with E-state index in [1.54, 1.807) is 49.4 Å². The molecule has 1 aliphatic rings. The third-order valence-corrected chi connectivity index (χ3v) is 18.6. The molecule has 1 N–H and O–H groups in total. The highest BCUT2D eigenvalue weighted by atomic mass is 31.1. The van der Waals surface area contributed by atoms with E-state index < -0.39 is 46.7 Å². The molecule has 4 aromatic carbocycles. The van der Waals surface area contributed by atoms with Gasteiger partial charge in [0.1, 0.15) is 35.6 Å². The Morgan fingerprint density at radius 2 is 1.32 bits per heavy atom. The van der Waals surface area contributed by atoms with Crippen LogP contribution in [-0.4, -0.2) is 72.9 Å². The van der Waals surface area contributed by atoms with Gasteiger partial charge in [0.15, 0.2) is 29.3 Å². The molecule has 1 saturated heterocycles. The van der Waals surface area contributed by atoms with Gasteiger partial charge in [0, 0.05) is 5.56 Å². The van der Waals surface area contributed by atoms with Gasteiger partial charge in [-0.25, -0.2) is 15.0 Å². The van der Waals surface area contributed by atoms with Crippen LogP contribution in [0.3, 0.4) is 0 Å². The maximum absolute atomic E-state index is 13.3. The second kappa shape index (κ2) is 19.6. The van der Waals surface area contributed by atoms with Crippen LogP contribution in [0.25, 0.3) is 11.2 Å². The third-order valence-electron chi connectivity index (χ3n) is 12.1. The number of nitrogens with zero attached hydrogens (tertiary/aromatic N) is 4. The Kier molecular flexibility index (Phi) is 14.2. The summed E-state index contributed by atoms with van der Waals surface area (Å²) < 4.78 is 53.3. The molecule has 7 rings (SSSR count). The van der Waals surface area contributed by atoms with Gasteiger partial charge in [0.25, 0.3) is 5.91 Å². The van der Waals surface area contributed by atoms with Crippen molar-refractivity contribution in [2.45, 2.75) is 88.3 Å². The molecule has 0 spiro atoms. The van der Waals surface area contributed by atoms with Crippen molar-refractivity contribution in [3.8, 4) is 11.5 Å². The first-order chi connectivity index (χ1) is 30.3. The fraction of sp³-hybridized carbons (Fsp3) is 0.362. The highest BCUT2D eigenvalue weighted by molar-refractivity contribution is 7.30. The van der Waals surface area contributed by atoms with Crippen LogP contribution >= 0.6 is 8.25 Å². The number of carbonyl (C=O) groups is 1.